The molecule has 0 spiro atoms. The molecule has 8 heteroatoms. The van der Waals surface area contributed by atoms with E-state index in [1.54, 1.807) is 12.5 Å². The van der Waals surface area contributed by atoms with Crippen LogP contribution in [0.1, 0.15) is 25.0 Å². The van der Waals surface area contributed by atoms with Crippen molar-refractivity contribution in [1.82, 2.24) is 24.4 Å². The molecule has 1 aliphatic heterocycles. The Hall–Kier alpha value is -2.48. The lowest BCUT2D eigenvalue weighted by Crippen LogP contribution is -2.45. The molecule has 25 heavy (non-hydrogen) atoms. The van der Waals surface area contributed by atoms with Gasteiger partial charge in [-0.1, -0.05) is 0 Å². The van der Waals surface area contributed by atoms with Crippen LogP contribution >= 0.6 is 0 Å². The van der Waals surface area contributed by atoms with Crippen LogP contribution in [0.25, 0.3) is 0 Å². The van der Waals surface area contributed by atoms with Crippen molar-refractivity contribution in [3.8, 4) is 0 Å². The lowest BCUT2D eigenvalue weighted by atomic mass is 10.1. The van der Waals surface area contributed by atoms with Gasteiger partial charge in [0.2, 0.25) is 5.91 Å². The number of carbonyl (C=O) groups is 1. The van der Waals surface area contributed by atoms with Crippen LogP contribution in [0, 0.1) is 0 Å². The number of imidazole rings is 1. The molecule has 3 rings (SSSR count). The zero-order chi connectivity index (χ0) is 17.5. The van der Waals surface area contributed by atoms with Crippen LogP contribution in [0.4, 0.5) is 0 Å². The highest BCUT2D eigenvalue weighted by Gasteiger charge is 2.23. The summed E-state index contributed by atoms with van der Waals surface area (Å²) in [5, 5.41) is 0. The van der Waals surface area contributed by atoms with Crippen LogP contribution in [0.15, 0.2) is 35.9 Å². The second-order valence-corrected chi connectivity index (χ2v) is 6.18. The maximum atomic E-state index is 12.4. The number of ether oxygens (including phenoxy) is 1. The predicted octanol–water partition coefficient (Wildman–Crippen LogP) is 0.607. The monoisotopic (exact) mass is 345 g/mol. The highest BCUT2D eigenvalue weighted by atomic mass is 16.5. The van der Waals surface area contributed by atoms with Crippen LogP contribution in [0.3, 0.4) is 0 Å². The summed E-state index contributed by atoms with van der Waals surface area (Å²) in [5.41, 5.74) is 0.598. The second kappa shape index (κ2) is 8.57. The Balaban J connectivity index is 1.42. The topological polar surface area (TPSA) is 93.1 Å². The SMILES string of the molecule is O=C(CCCn1ccnc1)N1CCOC(CCc2cc(=O)[nH]cn2)C1. The van der Waals surface area contributed by atoms with Gasteiger partial charge in [0.25, 0.3) is 5.56 Å². The lowest BCUT2D eigenvalue weighted by molar-refractivity contribution is -0.139. The molecule has 2 aromatic rings. The molecule has 1 unspecified atom stereocenters. The number of nitrogens with one attached hydrogen (secondary N) is 1. The number of aryl methyl sites for hydroxylation is 2. The summed E-state index contributed by atoms with van der Waals surface area (Å²) in [6.07, 6.45) is 9.54. The Kier molecular flexibility index (Phi) is 5.95. The summed E-state index contributed by atoms with van der Waals surface area (Å²) >= 11 is 0. The average Bonchev–Trinajstić information content (AvgIpc) is 3.14. The lowest BCUT2D eigenvalue weighted by Gasteiger charge is -2.33. The van der Waals surface area contributed by atoms with E-state index in [-0.39, 0.29) is 17.6 Å². The van der Waals surface area contributed by atoms with Gasteiger partial charge in [0.05, 0.1) is 25.4 Å². The van der Waals surface area contributed by atoms with E-state index in [1.807, 2.05) is 15.7 Å². The molecule has 134 valence electrons. The van der Waals surface area contributed by atoms with E-state index < -0.39 is 0 Å². The molecule has 8 nitrogen and oxygen atoms in total. The van der Waals surface area contributed by atoms with Crippen molar-refractivity contribution < 1.29 is 9.53 Å². The molecular weight excluding hydrogens is 322 g/mol. The number of hydrogen-bond donors (Lipinski definition) is 1. The largest absolute Gasteiger partial charge is 0.375 e. The summed E-state index contributed by atoms with van der Waals surface area (Å²) in [6, 6.07) is 1.50. The third-order valence-corrected chi connectivity index (χ3v) is 4.31. The first-order chi connectivity index (χ1) is 12.2. The summed E-state index contributed by atoms with van der Waals surface area (Å²) < 4.78 is 7.73. The Labute approximate surface area is 145 Å². The maximum absolute atomic E-state index is 12.4. The average molecular weight is 345 g/mol. The first-order valence-corrected chi connectivity index (χ1v) is 8.59. The van der Waals surface area contributed by atoms with Crippen LogP contribution in [-0.4, -0.2) is 56.1 Å². The van der Waals surface area contributed by atoms with Crippen molar-refractivity contribution in [2.75, 3.05) is 19.7 Å². The number of aromatic amines is 1. The van der Waals surface area contributed by atoms with Crippen molar-refractivity contribution in [2.45, 2.75) is 38.3 Å². The Bertz CT molecular complexity index is 728. The van der Waals surface area contributed by atoms with E-state index in [9.17, 15) is 9.59 Å². The molecule has 1 N–H and O–H groups in total. The minimum atomic E-state index is -0.149. The molecule has 0 bridgehead atoms. The molecule has 0 saturated carbocycles. The van der Waals surface area contributed by atoms with Crippen LogP contribution < -0.4 is 5.56 Å². The van der Waals surface area contributed by atoms with Gasteiger partial charge < -0.3 is 19.2 Å². The fraction of sp³-hybridized carbons (Fsp3) is 0.529. The number of amides is 1. The van der Waals surface area contributed by atoms with E-state index in [4.69, 9.17) is 4.74 Å². The number of aromatic nitrogens is 4. The van der Waals surface area contributed by atoms with Crippen LogP contribution in [-0.2, 0) is 22.5 Å². The van der Waals surface area contributed by atoms with Gasteiger partial charge in [-0.3, -0.25) is 9.59 Å². The second-order valence-electron chi connectivity index (χ2n) is 6.18. The molecule has 1 aliphatic rings. The third kappa shape index (κ3) is 5.25. The number of rotatable bonds is 7. The van der Waals surface area contributed by atoms with Crippen molar-refractivity contribution >= 4 is 5.91 Å². The zero-order valence-corrected chi connectivity index (χ0v) is 14.1. The Morgan fingerprint density at radius 2 is 2.36 bits per heavy atom. The van der Waals surface area contributed by atoms with E-state index in [0.29, 0.717) is 32.5 Å². The smallest absolute Gasteiger partial charge is 0.250 e. The summed E-state index contributed by atoms with van der Waals surface area (Å²) in [6.45, 7) is 2.60. The van der Waals surface area contributed by atoms with Crippen LogP contribution in [0.5, 0.6) is 0 Å². The van der Waals surface area contributed by atoms with Crippen molar-refractivity contribution in [3.63, 3.8) is 0 Å². The van der Waals surface area contributed by atoms with Gasteiger partial charge in [-0.25, -0.2) is 9.97 Å². The molecule has 0 aliphatic carbocycles. The van der Waals surface area contributed by atoms with Gasteiger partial charge in [0.15, 0.2) is 0 Å². The van der Waals surface area contributed by atoms with E-state index in [2.05, 4.69) is 15.0 Å². The highest BCUT2D eigenvalue weighted by Crippen LogP contribution is 2.13. The predicted molar refractivity (Wildman–Crippen MR) is 91.0 cm³/mol. The zero-order valence-electron chi connectivity index (χ0n) is 14.1. The number of morpholine rings is 1. The molecule has 3 heterocycles. The maximum Gasteiger partial charge on any atom is 0.250 e. The van der Waals surface area contributed by atoms with E-state index >= 15 is 0 Å². The minimum Gasteiger partial charge on any atom is -0.375 e. The normalized spacial score (nSPS) is 17.6. The van der Waals surface area contributed by atoms with Crippen molar-refractivity contribution in [3.05, 3.63) is 47.2 Å². The molecule has 1 fully saturated rings. The fourth-order valence-electron chi connectivity index (χ4n) is 2.97. The van der Waals surface area contributed by atoms with Gasteiger partial charge in [0, 0.05) is 50.2 Å². The summed E-state index contributed by atoms with van der Waals surface area (Å²) in [4.78, 5) is 36.2. The quantitative estimate of drug-likeness (QED) is 0.793. The third-order valence-electron chi connectivity index (χ3n) is 4.31. The highest BCUT2D eigenvalue weighted by molar-refractivity contribution is 5.76. The molecule has 1 atom stereocenters. The standard InChI is InChI=1S/C17H23N5O3/c23-16-10-14(19-12-20-16)3-4-15-11-22(8-9-25-15)17(24)2-1-6-21-7-5-18-13-21/h5,7,10,12-13,15H,1-4,6,8-9,11H2,(H,19,20,23). The van der Waals surface area contributed by atoms with Crippen LogP contribution in [0.2, 0.25) is 0 Å². The molecule has 0 radical (unpaired) electrons. The van der Waals surface area contributed by atoms with Crippen molar-refractivity contribution in [1.29, 1.82) is 0 Å². The van der Waals surface area contributed by atoms with Crippen molar-refractivity contribution in [2.24, 2.45) is 0 Å². The molecule has 1 amide bonds. The summed E-state index contributed by atoms with van der Waals surface area (Å²) in [5.74, 6) is 0.169. The molecule has 1 saturated heterocycles. The van der Waals surface area contributed by atoms with E-state index in [0.717, 1.165) is 25.1 Å². The number of H-pyrrole nitrogens is 1. The first-order valence-electron chi connectivity index (χ1n) is 8.59. The molecule has 2 aromatic heterocycles. The molecular formula is C17H23N5O3. The number of carbonyl (C=O) groups excluding carboxylic acids is 1. The number of hydrogen-bond acceptors (Lipinski definition) is 5. The summed E-state index contributed by atoms with van der Waals surface area (Å²) in [7, 11) is 0. The van der Waals surface area contributed by atoms with Gasteiger partial charge in [0.1, 0.15) is 0 Å². The van der Waals surface area contributed by atoms with Gasteiger partial charge in [-0.15, -0.1) is 0 Å². The van der Waals surface area contributed by atoms with Gasteiger partial charge in [-0.05, 0) is 19.3 Å². The van der Waals surface area contributed by atoms with Gasteiger partial charge >= 0.3 is 0 Å². The Morgan fingerprint density at radius 1 is 1.44 bits per heavy atom. The van der Waals surface area contributed by atoms with E-state index in [1.165, 1.54) is 12.4 Å². The fourth-order valence-corrected chi connectivity index (χ4v) is 2.97. The number of nitrogens with zero attached hydrogens (tertiary/aromatic N) is 4. The minimum absolute atomic E-state index is 0.00700. The first kappa shape index (κ1) is 17.3. The van der Waals surface area contributed by atoms with Gasteiger partial charge in [-0.2, -0.15) is 0 Å². The Morgan fingerprint density at radius 3 is 3.16 bits per heavy atom. The molecule has 0 aromatic carbocycles.